The number of hydrogen-bond donors (Lipinski definition) is 2. The number of nitrogens with zero attached hydrogens (tertiary/aromatic N) is 2. The maximum Gasteiger partial charge on any atom is 0.266 e. The molecule has 0 aliphatic rings. The van der Waals surface area contributed by atoms with Gasteiger partial charge in [-0.1, -0.05) is 25.1 Å². The summed E-state index contributed by atoms with van der Waals surface area (Å²) in [5.74, 6) is -0.447. The minimum absolute atomic E-state index is 0.0517. The largest absolute Gasteiger partial charge is 0.336 e. The normalized spacial score (nSPS) is 10.3. The molecule has 7 nitrogen and oxygen atoms in total. The third kappa shape index (κ3) is 5.32. The van der Waals surface area contributed by atoms with Crippen LogP contribution in [0.3, 0.4) is 0 Å². The lowest BCUT2D eigenvalue weighted by atomic mass is 9.99. The van der Waals surface area contributed by atoms with E-state index >= 15 is 0 Å². The van der Waals surface area contributed by atoms with Crippen LogP contribution in [-0.2, 0) is 22.4 Å². The number of nitriles is 1. The summed E-state index contributed by atoms with van der Waals surface area (Å²) >= 11 is 0. The van der Waals surface area contributed by atoms with Crippen LogP contribution in [0.5, 0.6) is 0 Å². The summed E-state index contributed by atoms with van der Waals surface area (Å²) < 4.78 is 0. The van der Waals surface area contributed by atoms with Crippen molar-refractivity contribution in [2.45, 2.75) is 40.0 Å². The van der Waals surface area contributed by atoms with Crippen LogP contribution in [0, 0.1) is 25.2 Å². The fourth-order valence-electron chi connectivity index (χ4n) is 3.29. The number of benzene rings is 1. The van der Waals surface area contributed by atoms with Crippen molar-refractivity contribution in [3.8, 4) is 6.07 Å². The molecule has 1 aromatic carbocycles. The minimum Gasteiger partial charge on any atom is -0.336 e. The molecule has 0 radical (unpaired) electrons. The highest BCUT2D eigenvalue weighted by atomic mass is 16.2. The molecule has 0 bridgehead atoms. The van der Waals surface area contributed by atoms with Gasteiger partial charge in [-0.05, 0) is 49.4 Å². The minimum atomic E-state index is -0.418. The summed E-state index contributed by atoms with van der Waals surface area (Å²) in [6, 6.07) is 9.48. The van der Waals surface area contributed by atoms with Crippen LogP contribution in [0.1, 0.15) is 41.3 Å². The molecule has 2 amide bonds. The molecule has 152 valence electrons. The van der Waals surface area contributed by atoms with Gasteiger partial charge in [-0.15, -0.1) is 0 Å². The number of carbonyl (C=O) groups is 2. The molecule has 0 saturated carbocycles. The molecule has 2 N–H and O–H groups in total. The van der Waals surface area contributed by atoms with E-state index in [4.69, 9.17) is 5.26 Å². The Hall–Kier alpha value is -3.40. The van der Waals surface area contributed by atoms with Gasteiger partial charge in [0.15, 0.2) is 0 Å². The van der Waals surface area contributed by atoms with Gasteiger partial charge in [0.1, 0.15) is 11.6 Å². The van der Waals surface area contributed by atoms with Crippen LogP contribution in [0.25, 0.3) is 0 Å². The van der Waals surface area contributed by atoms with E-state index in [1.54, 1.807) is 20.9 Å². The summed E-state index contributed by atoms with van der Waals surface area (Å²) in [6.45, 7) is 5.42. The molecular weight excluding hydrogens is 368 g/mol. The molecule has 2 aromatic rings. The molecule has 0 unspecified atom stereocenters. The van der Waals surface area contributed by atoms with E-state index in [-0.39, 0.29) is 30.3 Å². The van der Waals surface area contributed by atoms with Crippen molar-refractivity contribution in [3.05, 3.63) is 62.6 Å². The standard InChI is InChI=1S/C22H26N4O3/c1-5-16-8-6-7-9-19(16)25-20(27)13-26(4)21(28)11-10-17-14(2)18(12-23)22(29)24-15(17)3/h6-9H,5,10-11,13H2,1-4H3,(H,24,29)(H,25,27). The van der Waals surface area contributed by atoms with E-state index in [1.807, 2.05) is 37.3 Å². The number of aromatic nitrogens is 1. The highest BCUT2D eigenvalue weighted by molar-refractivity contribution is 5.95. The van der Waals surface area contributed by atoms with Gasteiger partial charge in [0, 0.05) is 24.8 Å². The van der Waals surface area contributed by atoms with Crippen LogP contribution in [-0.4, -0.2) is 35.3 Å². The van der Waals surface area contributed by atoms with Crippen LogP contribution in [0.15, 0.2) is 29.1 Å². The van der Waals surface area contributed by atoms with E-state index in [2.05, 4.69) is 10.3 Å². The molecule has 0 atom stereocenters. The van der Waals surface area contributed by atoms with Gasteiger partial charge in [0.25, 0.3) is 5.56 Å². The average Bonchev–Trinajstić information content (AvgIpc) is 2.67. The van der Waals surface area contributed by atoms with Gasteiger partial charge in [-0.2, -0.15) is 5.26 Å². The van der Waals surface area contributed by atoms with Crippen LogP contribution < -0.4 is 10.9 Å². The fraction of sp³-hybridized carbons (Fsp3) is 0.364. The summed E-state index contributed by atoms with van der Waals surface area (Å²) in [6.07, 6.45) is 1.36. The molecule has 0 fully saturated rings. The zero-order valence-electron chi connectivity index (χ0n) is 17.3. The lowest BCUT2D eigenvalue weighted by Crippen LogP contribution is -2.35. The summed E-state index contributed by atoms with van der Waals surface area (Å²) in [4.78, 5) is 40.6. The van der Waals surface area contributed by atoms with Crippen molar-refractivity contribution in [1.82, 2.24) is 9.88 Å². The highest BCUT2D eigenvalue weighted by Crippen LogP contribution is 2.16. The lowest BCUT2D eigenvalue weighted by Gasteiger charge is -2.18. The topological polar surface area (TPSA) is 106 Å². The molecule has 7 heteroatoms. The van der Waals surface area contributed by atoms with Crippen molar-refractivity contribution in [1.29, 1.82) is 5.26 Å². The number of likely N-dealkylation sites (N-methyl/N-ethyl adjacent to an activating group) is 1. The number of amides is 2. The van der Waals surface area contributed by atoms with E-state index in [0.29, 0.717) is 17.7 Å². The van der Waals surface area contributed by atoms with E-state index in [0.717, 1.165) is 23.2 Å². The number of anilines is 1. The van der Waals surface area contributed by atoms with Gasteiger partial charge >= 0.3 is 0 Å². The third-order valence-electron chi connectivity index (χ3n) is 4.99. The maximum absolute atomic E-state index is 12.5. The second kappa shape index (κ2) is 9.69. The first kappa shape index (κ1) is 21.9. The van der Waals surface area contributed by atoms with Gasteiger partial charge in [-0.3, -0.25) is 14.4 Å². The Morgan fingerprint density at radius 2 is 1.93 bits per heavy atom. The zero-order valence-corrected chi connectivity index (χ0v) is 17.3. The number of hydrogen-bond acceptors (Lipinski definition) is 4. The molecule has 0 aliphatic carbocycles. The first-order chi connectivity index (χ1) is 13.8. The second-order valence-corrected chi connectivity index (χ2v) is 6.98. The van der Waals surface area contributed by atoms with Gasteiger partial charge < -0.3 is 15.2 Å². The van der Waals surface area contributed by atoms with Crippen molar-refractivity contribution < 1.29 is 9.59 Å². The number of aromatic amines is 1. The Morgan fingerprint density at radius 3 is 2.59 bits per heavy atom. The van der Waals surface area contributed by atoms with Gasteiger partial charge in [0.05, 0.1) is 6.54 Å². The first-order valence-corrected chi connectivity index (χ1v) is 9.52. The van der Waals surface area contributed by atoms with Crippen molar-refractivity contribution in [2.24, 2.45) is 0 Å². The number of nitrogens with one attached hydrogen (secondary N) is 2. The molecule has 1 aromatic heterocycles. The van der Waals surface area contributed by atoms with Crippen LogP contribution in [0.4, 0.5) is 5.69 Å². The Balaban J connectivity index is 1.99. The molecule has 0 saturated heterocycles. The molecule has 2 rings (SSSR count). The molecule has 0 aliphatic heterocycles. The van der Waals surface area contributed by atoms with E-state index in [9.17, 15) is 14.4 Å². The Morgan fingerprint density at radius 1 is 1.24 bits per heavy atom. The summed E-state index contributed by atoms with van der Waals surface area (Å²) in [5.41, 5.74) is 3.47. The quantitative estimate of drug-likeness (QED) is 0.752. The smallest absolute Gasteiger partial charge is 0.266 e. The Labute approximate surface area is 170 Å². The predicted octanol–water partition coefficient (Wildman–Crippen LogP) is 2.46. The Kier molecular flexibility index (Phi) is 7.32. The Bertz CT molecular complexity index is 1020. The monoisotopic (exact) mass is 394 g/mol. The number of rotatable bonds is 7. The van der Waals surface area contributed by atoms with E-state index in [1.165, 1.54) is 4.90 Å². The highest BCUT2D eigenvalue weighted by Gasteiger charge is 2.17. The number of aryl methyl sites for hydroxylation is 2. The third-order valence-corrected chi connectivity index (χ3v) is 4.99. The van der Waals surface area contributed by atoms with Crippen molar-refractivity contribution in [2.75, 3.05) is 18.9 Å². The van der Waals surface area contributed by atoms with Crippen LogP contribution in [0.2, 0.25) is 0 Å². The van der Waals surface area contributed by atoms with Crippen molar-refractivity contribution >= 4 is 17.5 Å². The fourth-order valence-corrected chi connectivity index (χ4v) is 3.29. The molecule has 29 heavy (non-hydrogen) atoms. The lowest BCUT2D eigenvalue weighted by molar-refractivity contribution is -0.133. The van der Waals surface area contributed by atoms with E-state index < -0.39 is 5.56 Å². The molecular formula is C22H26N4O3. The number of para-hydroxylation sites is 1. The number of pyridine rings is 1. The maximum atomic E-state index is 12.5. The zero-order chi connectivity index (χ0) is 21.6. The first-order valence-electron chi connectivity index (χ1n) is 9.52. The molecule has 0 spiro atoms. The van der Waals surface area contributed by atoms with Crippen molar-refractivity contribution in [3.63, 3.8) is 0 Å². The molecule has 1 heterocycles. The van der Waals surface area contributed by atoms with Gasteiger partial charge in [0.2, 0.25) is 11.8 Å². The summed E-state index contributed by atoms with van der Waals surface area (Å²) in [7, 11) is 1.58. The number of H-pyrrole nitrogens is 1. The summed E-state index contributed by atoms with van der Waals surface area (Å²) in [5, 5.41) is 12.0. The van der Waals surface area contributed by atoms with Gasteiger partial charge in [-0.25, -0.2) is 0 Å². The second-order valence-electron chi connectivity index (χ2n) is 6.98. The average molecular weight is 394 g/mol. The number of carbonyl (C=O) groups excluding carboxylic acids is 2. The van der Waals surface area contributed by atoms with Crippen LogP contribution >= 0.6 is 0 Å². The predicted molar refractivity (Wildman–Crippen MR) is 112 cm³/mol. The SMILES string of the molecule is CCc1ccccc1NC(=O)CN(C)C(=O)CCc1c(C)[nH]c(=O)c(C#N)c1C.